The van der Waals surface area contributed by atoms with Gasteiger partial charge in [0.15, 0.2) is 0 Å². The maximum absolute atomic E-state index is 0. The predicted octanol–water partition coefficient (Wildman–Crippen LogP) is -12.3. The molecule has 0 fully saturated rings. The Morgan fingerprint density at radius 2 is 0.286 bits per heavy atom. The van der Waals surface area contributed by atoms with Crippen LogP contribution in [0.2, 0.25) is 0 Å². The first kappa shape index (κ1) is 95.3. The predicted molar refractivity (Wildman–Crippen MR) is 14.5 cm³/mol. The SMILES string of the molecule is O.O.O.O.[Na+].[Na+].[Na+]. The van der Waals surface area contributed by atoms with Gasteiger partial charge < -0.3 is 21.9 Å². The molecular formula is H8Na3O4+3. The first-order valence-electron chi connectivity index (χ1n) is 0. The molecule has 0 spiro atoms. The molecule has 0 saturated carbocycles. The summed E-state index contributed by atoms with van der Waals surface area (Å²) in [6.07, 6.45) is 0. The fourth-order valence-electron chi connectivity index (χ4n) is 0. The summed E-state index contributed by atoms with van der Waals surface area (Å²) in [4.78, 5) is 0. The van der Waals surface area contributed by atoms with Gasteiger partial charge in [-0.1, -0.05) is 0 Å². The molecule has 0 aromatic heterocycles. The van der Waals surface area contributed by atoms with Gasteiger partial charge in [-0.25, -0.2) is 0 Å². The third kappa shape index (κ3) is 51.3. The maximum Gasteiger partial charge on any atom is 1.00 e. The Labute approximate surface area is 109 Å². The van der Waals surface area contributed by atoms with Crippen LogP contribution < -0.4 is 88.7 Å². The van der Waals surface area contributed by atoms with E-state index in [9.17, 15) is 0 Å². The van der Waals surface area contributed by atoms with Crippen LogP contribution in [0.3, 0.4) is 0 Å². The molecule has 0 heterocycles. The summed E-state index contributed by atoms with van der Waals surface area (Å²) in [5.74, 6) is 0. The summed E-state index contributed by atoms with van der Waals surface area (Å²) < 4.78 is 0. The molecule has 0 saturated heterocycles. The van der Waals surface area contributed by atoms with Crippen molar-refractivity contribution in [2.45, 2.75) is 0 Å². The van der Waals surface area contributed by atoms with E-state index in [4.69, 9.17) is 0 Å². The van der Waals surface area contributed by atoms with Crippen LogP contribution >= 0.6 is 0 Å². The second-order valence-corrected chi connectivity index (χ2v) is 0. The number of rotatable bonds is 0. The van der Waals surface area contributed by atoms with Crippen LogP contribution in [-0.2, 0) is 0 Å². The fraction of sp³-hybridized carbons (Fsp3) is 0. The van der Waals surface area contributed by atoms with Crippen molar-refractivity contribution in [2.75, 3.05) is 0 Å². The second kappa shape index (κ2) is 67.4. The van der Waals surface area contributed by atoms with Crippen LogP contribution in [-0.4, -0.2) is 21.9 Å². The molecule has 7 heavy (non-hydrogen) atoms. The normalized spacial score (nSPS) is 0. The van der Waals surface area contributed by atoms with Gasteiger partial charge >= 0.3 is 88.7 Å². The third-order valence-corrected chi connectivity index (χ3v) is 0. The third-order valence-electron chi connectivity index (χ3n) is 0. The van der Waals surface area contributed by atoms with Gasteiger partial charge in [0.1, 0.15) is 0 Å². The molecule has 0 aliphatic carbocycles. The molecule has 0 radical (unpaired) electrons. The van der Waals surface area contributed by atoms with Crippen LogP contribution in [0.5, 0.6) is 0 Å². The van der Waals surface area contributed by atoms with Crippen molar-refractivity contribution < 1.29 is 111 Å². The summed E-state index contributed by atoms with van der Waals surface area (Å²) in [7, 11) is 0. The Morgan fingerprint density at radius 3 is 0.286 bits per heavy atom. The quantitative estimate of drug-likeness (QED) is 0.297. The van der Waals surface area contributed by atoms with E-state index in [2.05, 4.69) is 0 Å². The summed E-state index contributed by atoms with van der Waals surface area (Å²) in [5, 5.41) is 0. The smallest absolute Gasteiger partial charge is 0.412 e. The van der Waals surface area contributed by atoms with E-state index >= 15 is 0 Å². The molecule has 4 nitrogen and oxygen atoms in total. The summed E-state index contributed by atoms with van der Waals surface area (Å²) in [5.41, 5.74) is 0. The van der Waals surface area contributed by atoms with E-state index in [0.717, 1.165) is 0 Å². The molecule has 7 heteroatoms. The largest absolute Gasteiger partial charge is 1.00 e. The first-order valence-corrected chi connectivity index (χ1v) is 0. The number of hydrogen-bond donors (Lipinski definition) is 0. The van der Waals surface area contributed by atoms with E-state index in [-0.39, 0.29) is 111 Å². The van der Waals surface area contributed by atoms with Crippen molar-refractivity contribution in [3.63, 3.8) is 0 Å². The van der Waals surface area contributed by atoms with Crippen LogP contribution in [0.25, 0.3) is 0 Å². The van der Waals surface area contributed by atoms with Crippen molar-refractivity contribution in [1.29, 1.82) is 0 Å². The molecule has 0 amide bonds. The second-order valence-electron chi connectivity index (χ2n) is 0. The van der Waals surface area contributed by atoms with E-state index in [1.807, 2.05) is 0 Å². The first-order chi connectivity index (χ1) is 0. The molecule has 8 N–H and O–H groups in total. The standard InChI is InChI=1S/3Na.4H2O/h;;;4*1H2/q3*+1;;;;. The topological polar surface area (TPSA) is 126 Å². The Bertz CT molecular complexity index is 6.90. The van der Waals surface area contributed by atoms with Crippen molar-refractivity contribution in [3.05, 3.63) is 0 Å². The van der Waals surface area contributed by atoms with Crippen LogP contribution in [0.1, 0.15) is 0 Å². The zero-order valence-electron chi connectivity index (χ0n) is 5.00. The van der Waals surface area contributed by atoms with Gasteiger partial charge in [0.25, 0.3) is 0 Å². The zero-order chi connectivity index (χ0) is 0. The zero-order valence-corrected chi connectivity index (χ0v) is 11.0. The van der Waals surface area contributed by atoms with E-state index < -0.39 is 0 Å². The molecule has 0 rings (SSSR count). The molecule has 0 aromatic carbocycles. The van der Waals surface area contributed by atoms with Crippen molar-refractivity contribution in [3.8, 4) is 0 Å². The molecule has 0 atom stereocenters. The average molecular weight is 141 g/mol. The van der Waals surface area contributed by atoms with Gasteiger partial charge in [-0.3, -0.25) is 0 Å². The van der Waals surface area contributed by atoms with Gasteiger partial charge in [-0.15, -0.1) is 0 Å². The fourth-order valence-corrected chi connectivity index (χ4v) is 0. The van der Waals surface area contributed by atoms with Crippen molar-refractivity contribution >= 4 is 0 Å². The molecule has 0 bridgehead atoms. The monoisotopic (exact) mass is 141 g/mol. The van der Waals surface area contributed by atoms with E-state index in [1.54, 1.807) is 0 Å². The van der Waals surface area contributed by atoms with Gasteiger partial charge in [0, 0.05) is 0 Å². The summed E-state index contributed by atoms with van der Waals surface area (Å²) in [6.45, 7) is 0. The van der Waals surface area contributed by atoms with E-state index in [0.29, 0.717) is 0 Å². The Hall–Kier alpha value is 2.84. The minimum Gasteiger partial charge on any atom is -0.412 e. The molecular weight excluding hydrogens is 133 g/mol. The van der Waals surface area contributed by atoms with Crippen molar-refractivity contribution in [1.82, 2.24) is 0 Å². The molecule has 0 aliphatic rings. The Morgan fingerprint density at radius 1 is 0.286 bits per heavy atom. The van der Waals surface area contributed by atoms with Crippen molar-refractivity contribution in [2.24, 2.45) is 0 Å². The molecule has 32 valence electrons. The molecule has 0 aliphatic heterocycles. The number of hydrogen-bond acceptors (Lipinski definition) is 0. The van der Waals surface area contributed by atoms with Gasteiger partial charge in [0.2, 0.25) is 0 Å². The van der Waals surface area contributed by atoms with E-state index in [1.165, 1.54) is 0 Å². The summed E-state index contributed by atoms with van der Waals surface area (Å²) in [6, 6.07) is 0. The van der Waals surface area contributed by atoms with Gasteiger partial charge in [0.05, 0.1) is 0 Å². The maximum atomic E-state index is 0. The van der Waals surface area contributed by atoms with Crippen LogP contribution in [0.15, 0.2) is 0 Å². The summed E-state index contributed by atoms with van der Waals surface area (Å²) >= 11 is 0. The minimum atomic E-state index is 0. The van der Waals surface area contributed by atoms with Crippen LogP contribution in [0, 0.1) is 0 Å². The minimum absolute atomic E-state index is 0. The average Bonchev–Trinajstić information content (AvgIpc) is 0. The Kier molecular flexibility index (Phi) is 918. The molecule has 0 unspecified atom stereocenters. The van der Waals surface area contributed by atoms with Crippen LogP contribution in [0.4, 0.5) is 0 Å². The van der Waals surface area contributed by atoms with Gasteiger partial charge in [-0.05, 0) is 0 Å². The van der Waals surface area contributed by atoms with Gasteiger partial charge in [-0.2, -0.15) is 0 Å². The Balaban J connectivity index is 0. The molecule has 0 aromatic rings.